The standard InChI is InChI=1S/C15H23NO/c1-3-5-6-7-8-13-16-14-9-11-15(12-10-14)17-4-2/h3,9-12,16H,1,4-8,13H2,2H3. The third-order valence-corrected chi connectivity index (χ3v) is 2.58. The van der Waals surface area contributed by atoms with Gasteiger partial charge in [0, 0.05) is 12.2 Å². The highest BCUT2D eigenvalue weighted by Crippen LogP contribution is 2.15. The minimum Gasteiger partial charge on any atom is -0.494 e. The molecule has 0 saturated carbocycles. The van der Waals surface area contributed by atoms with E-state index in [1.807, 2.05) is 25.1 Å². The van der Waals surface area contributed by atoms with Crippen molar-refractivity contribution in [1.29, 1.82) is 0 Å². The van der Waals surface area contributed by atoms with Gasteiger partial charge in [0.05, 0.1) is 6.61 Å². The Morgan fingerprint density at radius 1 is 1.18 bits per heavy atom. The first-order chi connectivity index (χ1) is 8.36. The fourth-order valence-electron chi connectivity index (χ4n) is 1.66. The number of nitrogens with one attached hydrogen (secondary N) is 1. The average Bonchev–Trinajstić information content (AvgIpc) is 2.36. The first-order valence-electron chi connectivity index (χ1n) is 6.44. The van der Waals surface area contributed by atoms with Crippen LogP contribution in [0.1, 0.15) is 32.6 Å². The van der Waals surface area contributed by atoms with E-state index >= 15 is 0 Å². The van der Waals surface area contributed by atoms with E-state index in [0.717, 1.165) is 31.0 Å². The van der Waals surface area contributed by atoms with Crippen LogP contribution in [0.2, 0.25) is 0 Å². The smallest absolute Gasteiger partial charge is 0.119 e. The number of ether oxygens (including phenoxy) is 1. The molecule has 1 aromatic carbocycles. The predicted octanol–water partition coefficient (Wildman–Crippen LogP) is 4.24. The fourth-order valence-corrected chi connectivity index (χ4v) is 1.66. The third kappa shape index (κ3) is 6.00. The van der Waals surface area contributed by atoms with Crippen molar-refractivity contribution in [2.24, 2.45) is 0 Å². The van der Waals surface area contributed by atoms with E-state index in [0.29, 0.717) is 0 Å². The minimum absolute atomic E-state index is 0.718. The van der Waals surface area contributed by atoms with Crippen molar-refractivity contribution < 1.29 is 4.74 Å². The lowest BCUT2D eigenvalue weighted by molar-refractivity contribution is 0.340. The topological polar surface area (TPSA) is 21.3 Å². The highest BCUT2D eigenvalue weighted by atomic mass is 16.5. The summed E-state index contributed by atoms with van der Waals surface area (Å²) in [7, 11) is 0. The number of hydrogen-bond acceptors (Lipinski definition) is 2. The summed E-state index contributed by atoms with van der Waals surface area (Å²) in [4.78, 5) is 0. The van der Waals surface area contributed by atoms with Gasteiger partial charge in [0.15, 0.2) is 0 Å². The maximum atomic E-state index is 5.39. The summed E-state index contributed by atoms with van der Waals surface area (Å²) in [6, 6.07) is 8.14. The maximum absolute atomic E-state index is 5.39. The van der Waals surface area contributed by atoms with Crippen LogP contribution >= 0.6 is 0 Å². The van der Waals surface area contributed by atoms with Gasteiger partial charge in [0.2, 0.25) is 0 Å². The third-order valence-electron chi connectivity index (χ3n) is 2.58. The molecule has 0 bridgehead atoms. The predicted molar refractivity (Wildman–Crippen MR) is 74.8 cm³/mol. The van der Waals surface area contributed by atoms with Crippen LogP contribution in [0.4, 0.5) is 5.69 Å². The molecule has 0 spiro atoms. The molecule has 1 aromatic rings. The van der Waals surface area contributed by atoms with E-state index in [1.165, 1.54) is 19.3 Å². The van der Waals surface area contributed by atoms with Crippen LogP contribution in [0.15, 0.2) is 36.9 Å². The van der Waals surface area contributed by atoms with E-state index in [1.54, 1.807) is 0 Å². The highest BCUT2D eigenvalue weighted by Gasteiger charge is 1.94. The largest absolute Gasteiger partial charge is 0.494 e. The molecule has 0 aliphatic carbocycles. The summed E-state index contributed by atoms with van der Waals surface area (Å²) in [6.07, 6.45) is 6.83. The second kappa shape index (κ2) is 8.68. The zero-order valence-electron chi connectivity index (χ0n) is 10.7. The Labute approximate surface area is 105 Å². The first kappa shape index (κ1) is 13.6. The zero-order chi connectivity index (χ0) is 12.3. The van der Waals surface area contributed by atoms with Crippen molar-refractivity contribution in [3.63, 3.8) is 0 Å². The second-order valence-corrected chi connectivity index (χ2v) is 4.02. The summed E-state index contributed by atoms with van der Waals surface area (Å²) >= 11 is 0. The zero-order valence-corrected chi connectivity index (χ0v) is 10.7. The molecule has 0 saturated heterocycles. The van der Waals surface area contributed by atoms with Gasteiger partial charge in [-0.15, -0.1) is 6.58 Å². The van der Waals surface area contributed by atoms with E-state index in [4.69, 9.17) is 4.74 Å². The molecule has 0 aliphatic rings. The molecule has 0 heterocycles. The summed E-state index contributed by atoms with van der Waals surface area (Å²) in [5.41, 5.74) is 1.16. The molecular weight excluding hydrogens is 210 g/mol. The molecule has 0 aromatic heterocycles. The number of anilines is 1. The van der Waals surface area contributed by atoms with Crippen LogP contribution < -0.4 is 10.1 Å². The lowest BCUT2D eigenvalue weighted by Gasteiger charge is -2.07. The second-order valence-electron chi connectivity index (χ2n) is 4.02. The normalized spacial score (nSPS) is 9.94. The highest BCUT2D eigenvalue weighted by molar-refractivity contribution is 5.46. The number of unbranched alkanes of at least 4 members (excludes halogenated alkanes) is 3. The molecule has 1 rings (SSSR count). The Morgan fingerprint density at radius 2 is 1.94 bits per heavy atom. The monoisotopic (exact) mass is 233 g/mol. The Bertz CT molecular complexity index is 305. The Morgan fingerprint density at radius 3 is 2.59 bits per heavy atom. The van der Waals surface area contributed by atoms with Crippen molar-refractivity contribution in [3.05, 3.63) is 36.9 Å². The van der Waals surface area contributed by atoms with Crippen molar-refractivity contribution >= 4 is 5.69 Å². The quantitative estimate of drug-likeness (QED) is 0.508. The summed E-state index contributed by atoms with van der Waals surface area (Å²) in [6.45, 7) is 7.47. The summed E-state index contributed by atoms with van der Waals surface area (Å²) < 4.78 is 5.39. The molecule has 0 fully saturated rings. The lowest BCUT2D eigenvalue weighted by Crippen LogP contribution is -2.01. The van der Waals surface area contributed by atoms with Crippen molar-refractivity contribution in [1.82, 2.24) is 0 Å². The SMILES string of the molecule is C=CCCCCCNc1ccc(OCC)cc1. The Kier molecular flexibility index (Phi) is 6.96. The van der Waals surface area contributed by atoms with Gasteiger partial charge >= 0.3 is 0 Å². The summed E-state index contributed by atoms with van der Waals surface area (Å²) in [5, 5.41) is 3.41. The molecule has 17 heavy (non-hydrogen) atoms. The van der Waals surface area contributed by atoms with Crippen LogP contribution in [-0.2, 0) is 0 Å². The molecule has 0 aliphatic heterocycles. The van der Waals surface area contributed by atoms with Gasteiger partial charge in [0.1, 0.15) is 5.75 Å². The van der Waals surface area contributed by atoms with Gasteiger partial charge in [-0.25, -0.2) is 0 Å². The number of allylic oxidation sites excluding steroid dienone is 1. The maximum Gasteiger partial charge on any atom is 0.119 e. The molecule has 0 unspecified atom stereocenters. The Hall–Kier alpha value is -1.44. The first-order valence-corrected chi connectivity index (χ1v) is 6.44. The van der Waals surface area contributed by atoms with E-state index in [2.05, 4.69) is 24.0 Å². The van der Waals surface area contributed by atoms with Gasteiger partial charge in [-0.2, -0.15) is 0 Å². The Balaban J connectivity index is 2.16. The van der Waals surface area contributed by atoms with Crippen LogP contribution in [0.3, 0.4) is 0 Å². The van der Waals surface area contributed by atoms with Gasteiger partial charge in [0.25, 0.3) is 0 Å². The van der Waals surface area contributed by atoms with Crippen LogP contribution in [0, 0.1) is 0 Å². The van der Waals surface area contributed by atoms with Crippen molar-refractivity contribution in [2.45, 2.75) is 32.6 Å². The van der Waals surface area contributed by atoms with Gasteiger partial charge in [-0.3, -0.25) is 0 Å². The van der Waals surface area contributed by atoms with E-state index in [-0.39, 0.29) is 0 Å². The lowest BCUT2D eigenvalue weighted by atomic mass is 10.2. The summed E-state index contributed by atoms with van der Waals surface area (Å²) in [5.74, 6) is 0.934. The van der Waals surface area contributed by atoms with Crippen molar-refractivity contribution in [3.8, 4) is 5.75 Å². The van der Waals surface area contributed by atoms with Crippen LogP contribution in [0.25, 0.3) is 0 Å². The van der Waals surface area contributed by atoms with E-state index in [9.17, 15) is 0 Å². The van der Waals surface area contributed by atoms with E-state index < -0.39 is 0 Å². The molecule has 1 N–H and O–H groups in total. The molecule has 0 atom stereocenters. The molecule has 0 radical (unpaired) electrons. The average molecular weight is 233 g/mol. The van der Waals surface area contributed by atoms with Crippen molar-refractivity contribution in [2.75, 3.05) is 18.5 Å². The molecular formula is C15H23NO. The van der Waals surface area contributed by atoms with Crippen LogP contribution in [-0.4, -0.2) is 13.2 Å². The number of rotatable bonds is 9. The molecule has 2 nitrogen and oxygen atoms in total. The minimum atomic E-state index is 0.718. The van der Waals surface area contributed by atoms with Gasteiger partial charge in [-0.1, -0.05) is 12.5 Å². The number of hydrogen-bond donors (Lipinski definition) is 1. The van der Waals surface area contributed by atoms with Gasteiger partial charge in [-0.05, 0) is 50.5 Å². The number of benzene rings is 1. The molecule has 0 amide bonds. The fraction of sp³-hybridized carbons (Fsp3) is 0.467. The molecule has 2 heteroatoms. The molecule has 94 valence electrons. The van der Waals surface area contributed by atoms with Gasteiger partial charge < -0.3 is 10.1 Å². The van der Waals surface area contributed by atoms with Crippen LogP contribution in [0.5, 0.6) is 5.75 Å².